The molecule has 17 heavy (non-hydrogen) atoms. The summed E-state index contributed by atoms with van der Waals surface area (Å²) >= 11 is 12.7. The molecule has 0 unspecified atom stereocenters. The van der Waals surface area contributed by atoms with E-state index in [1.54, 1.807) is 6.20 Å². The molecule has 0 fully saturated rings. The Hall–Kier alpha value is -0.650. The summed E-state index contributed by atoms with van der Waals surface area (Å²) < 4.78 is 1.76. The van der Waals surface area contributed by atoms with Crippen molar-refractivity contribution >= 4 is 55.0 Å². The van der Waals surface area contributed by atoms with Gasteiger partial charge in [-0.15, -0.1) is 0 Å². The van der Waals surface area contributed by atoms with Crippen molar-refractivity contribution in [2.45, 2.75) is 6.92 Å². The van der Waals surface area contributed by atoms with Gasteiger partial charge in [0.05, 0.1) is 10.2 Å². The van der Waals surface area contributed by atoms with Crippen molar-refractivity contribution in [2.24, 2.45) is 0 Å². The first kappa shape index (κ1) is 12.8. The average Bonchev–Trinajstić information content (AvgIpc) is 2.30. The molecule has 0 amide bonds. The van der Waals surface area contributed by atoms with E-state index in [1.807, 2.05) is 25.1 Å². The lowest BCUT2D eigenvalue weighted by Crippen LogP contribution is -1.97. The second-order valence-corrected chi connectivity index (χ2v) is 5.38. The van der Waals surface area contributed by atoms with Crippen LogP contribution in [0.4, 0.5) is 11.5 Å². The lowest BCUT2D eigenvalue weighted by Gasteiger charge is -2.10. The molecule has 0 bridgehead atoms. The molecule has 0 spiro atoms. The molecule has 3 nitrogen and oxygen atoms in total. The number of hydrogen-bond acceptors (Lipinski definition) is 3. The molecular formula is C11H8Br2ClN3. The minimum atomic E-state index is 0.208. The summed E-state index contributed by atoms with van der Waals surface area (Å²) in [6.07, 6.45) is 1.61. The Labute approximate surface area is 121 Å². The summed E-state index contributed by atoms with van der Waals surface area (Å²) in [5.41, 5.74) is 2.08. The second kappa shape index (κ2) is 5.33. The molecule has 0 radical (unpaired) electrons. The number of benzene rings is 1. The third-order valence-electron chi connectivity index (χ3n) is 2.16. The van der Waals surface area contributed by atoms with Crippen LogP contribution < -0.4 is 5.32 Å². The van der Waals surface area contributed by atoms with Gasteiger partial charge in [-0.3, -0.25) is 0 Å². The Bertz CT molecular complexity index is 560. The monoisotopic (exact) mass is 375 g/mol. The van der Waals surface area contributed by atoms with Crippen molar-refractivity contribution in [1.82, 2.24) is 9.97 Å². The molecule has 0 saturated heterocycles. The molecule has 0 atom stereocenters. The molecule has 6 heteroatoms. The Morgan fingerprint density at radius 1 is 1.29 bits per heavy atom. The van der Waals surface area contributed by atoms with Crippen LogP contribution in [-0.2, 0) is 0 Å². The zero-order valence-electron chi connectivity index (χ0n) is 8.84. The number of halogens is 3. The molecule has 0 aliphatic rings. The number of aryl methyl sites for hydroxylation is 1. The van der Waals surface area contributed by atoms with E-state index in [2.05, 4.69) is 47.1 Å². The highest BCUT2D eigenvalue weighted by molar-refractivity contribution is 9.11. The fourth-order valence-electron chi connectivity index (χ4n) is 1.30. The van der Waals surface area contributed by atoms with E-state index in [9.17, 15) is 0 Å². The van der Waals surface area contributed by atoms with E-state index in [0.29, 0.717) is 5.82 Å². The lowest BCUT2D eigenvalue weighted by atomic mass is 10.2. The smallest absolute Gasteiger partial charge is 0.224 e. The summed E-state index contributed by atoms with van der Waals surface area (Å²) in [5, 5.41) is 3.40. The third-order valence-corrected chi connectivity index (χ3v) is 3.97. The molecule has 2 rings (SSSR count). The lowest BCUT2D eigenvalue weighted by molar-refractivity contribution is 1.15. The molecule has 1 N–H and O–H groups in total. The fourth-order valence-corrected chi connectivity index (χ4v) is 2.09. The quantitative estimate of drug-likeness (QED) is 0.771. The first-order valence-corrected chi connectivity index (χ1v) is 6.74. The number of nitrogens with one attached hydrogen (secondary N) is 1. The fraction of sp³-hybridized carbons (Fsp3) is 0.0909. The van der Waals surface area contributed by atoms with Crippen LogP contribution in [0.1, 0.15) is 5.56 Å². The summed E-state index contributed by atoms with van der Waals surface area (Å²) in [5.74, 6) is 0.635. The van der Waals surface area contributed by atoms with Crippen molar-refractivity contribution in [3.8, 4) is 0 Å². The van der Waals surface area contributed by atoms with Gasteiger partial charge in [0.15, 0.2) is 0 Å². The number of nitrogens with zero attached hydrogens (tertiary/aromatic N) is 2. The van der Waals surface area contributed by atoms with Gasteiger partial charge in [0.2, 0.25) is 5.28 Å². The SMILES string of the molecule is Cc1cccc(Nc2nc(Cl)ncc2Br)c1Br. The molecule has 88 valence electrons. The van der Waals surface area contributed by atoms with Crippen LogP contribution in [0.5, 0.6) is 0 Å². The predicted octanol–water partition coefficient (Wildman–Crippen LogP) is 4.71. The zero-order valence-corrected chi connectivity index (χ0v) is 12.8. The largest absolute Gasteiger partial charge is 0.338 e. The van der Waals surface area contributed by atoms with E-state index in [4.69, 9.17) is 11.6 Å². The molecule has 1 aromatic heterocycles. The molecule has 2 aromatic rings. The Morgan fingerprint density at radius 2 is 2.06 bits per heavy atom. The predicted molar refractivity (Wildman–Crippen MR) is 76.9 cm³/mol. The number of hydrogen-bond donors (Lipinski definition) is 1. The van der Waals surface area contributed by atoms with Crippen LogP contribution in [0.15, 0.2) is 33.3 Å². The second-order valence-electron chi connectivity index (χ2n) is 3.40. The summed E-state index contributed by atoms with van der Waals surface area (Å²) in [6.45, 7) is 2.03. The Morgan fingerprint density at radius 3 is 2.82 bits per heavy atom. The Kier molecular flexibility index (Phi) is 4.01. The molecular weight excluding hydrogens is 369 g/mol. The van der Waals surface area contributed by atoms with Gasteiger partial charge < -0.3 is 5.32 Å². The minimum Gasteiger partial charge on any atom is -0.338 e. The number of rotatable bonds is 2. The van der Waals surface area contributed by atoms with Crippen LogP contribution in [0.2, 0.25) is 5.28 Å². The minimum absolute atomic E-state index is 0.208. The van der Waals surface area contributed by atoms with Gasteiger partial charge >= 0.3 is 0 Å². The maximum atomic E-state index is 5.76. The first-order valence-electron chi connectivity index (χ1n) is 4.78. The standard InChI is InChI=1S/C11H8Br2ClN3/c1-6-3-2-4-8(9(6)13)16-10-7(12)5-15-11(14)17-10/h2-5H,1H3,(H,15,16,17). The first-order chi connectivity index (χ1) is 8.08. The normalized spacial score (nSPS) is 10.4. The van der Waals surface area contributed by atoms with E-state index in [-0.39, 0.29) is 5.28 Å². The number of aromatic nitrogens is 2. The molecule has 0 saturated carbocycles. The van der Waals surface area contributed by atoms with Crippen molar-refractivity contribution in [2.75, 3.05) is 5.32 Å². The maximum Gasteiger partial charge on any atom is 0.224 e. The van der Waals surface area contributed by atoms with Crippen LogP contribution in [0.3, 0.4) is 0 Å². The van der Waals surface area contributed by atoms with Gasteiger partial charge in [0, 0.05) is 10.7 Å². The van der Waals surface area contributed by atoms with Crippen molar-refractivity contribution < 1.29 is 0 Å². The zero-order chi connectivity index (χ0) is 12.4. The highest BCUT2D eigenvalue weighted by Crippen LogP contribution is 2.30. The third kappa shape index (κ3) is 2.97. The molecule has 1 aromatic carbocycles. The van der Waals surface area contributed by atoms with Crippen molar-refractivity contribution in [1.29, 1.82) is 0 Å². The van der Waals surface area contributed by atoms with Crippen molar-refractivity contribution in [3.63, 3.8) is 0 Å². The highest BCUT2D eigenvalue weighted by atomic mass is 79.9. The van der Waals surface area contributed by atoms with E-state index >= 15 is 0 Å². The van der Waals surface area contributed by atoms with Gasteiger partial charge in [-0.25, -0.2) is 4.98 Å². The van der Waals surface area contributed by atoms with E-state index in [1.165, 1.54) is 0 Å². The number of anilines is 2. The van der Waals surface area contributed by atoms with Gasteiger partial charge in [0.1, 0.15) is 5.82 Å². The summed E-state index contributed by atoms with van der Waals surface area (Å²) in [4.78, 5) is 7.99. The van der Waals surface area contributed by atoms with Gasteiger partial charge in [-0.1, -0.05) is 12.1 Å². The molecule has 0 aliphatic heterocycles. The molecule has 1 heterocycles. The van der Waals surface area contributed by atoms with Crippen LogP contribution >= 0.6 is 43.5 Å². The van der Waals surface area contributed by atoms with Gasteiger partial charge in [0.25, 0.3) is 0 Å². The topological polar surface area (TPSA) is 37.8 Å². The summed E-state index contributed by atoms with van der Waals surface area (Å²) in [6, 6.07) is 5.95. The van der Waals surface area contributed by atoms with Crippen molar-refractivity contribution in [3.05, 3.63) is 44.2 Å². The van der Waals surface area contributed by atoms with E-state index in [0.717, 1.165) is 20.2 Å². The maximum absolute atomic E-state index is 5.76. The molecule has 0 aliphatic carbocycles. The average molecular weight is 377 g/mol. The Balaban J connectivity index is 2.38. The van der Waals surface area contributed by atoms with Crippen LogP contribution in [0, 0.1) is 6.92 Å². The van der Waals surface area contributed by atoms with E-state index < -0.39 is 0 Å². The van der Waals surface area contributed by atoms with Crippen LogP contribution in [-0.4, -0.2) is 9.97 Å². The van der Waals surface area contributed by atoms with Gasteiger partial charge in [-0.2, -0.15) is 4.98 Å². The van der Waals surface area contributed by atoms with Crippen LogP contribution in [0.25, 0.3) is 0 Å². The highest BCUT2D eigenvalue weighted by Gasteiger charge is 2.07. The summed E-state index contributed by atoms with van der Waals surface area (Å²) in [7, 11) is 0. The van der Waals surface area contributed by atoms with Gasteiger partial charge in [-0.05, 0) is 62.0 Å².